The van der Waals surface area contributed by atoms with Gasteiger partial charge in [-0.15, -0.1) is 0 Å². The Hall–Kier alpha value is -9.73. The van der Waals surface area contributed by atoms with Crippen molar-refractivity contribution in [1.82, 2.24) is 79.8 Å². The van der Waals surface area contributed by atoms with E-state index < -0.39 is 191 Å². The zero-order chi connectivity index (χ0) is 87.7. The zero-order valence-corrected chi connectivity index (χ0v) is 68.7. The molecule has 2 aromatic carbocycles. The molecule has 0 aromatic heterocycles. The number of aliphatic hydroxyl groups is 2. The van der Waals surface area contributed by atoms with Gasteiger partial charge in [-0.05, 0) is 160 Å². The van der Waals surface area contributed by atoms with Crippen molar-refractivity contribution in [2.75, 3.05) is 45.0 Å². The van der Waals surface area contributed by atoms with Gasteiger partial charge in [-0.25, -0.2) is 4.79 Å². The van der Waals surface area contributed by atoms with Gasteiger partial charge < -0.3 is 140 Å². The molecule has 41 nitrogen and oxygen atoms in total. The molecule has 0 bridgehead atoms. The van der Waals surface area contributed by atoms with E-state index in [4.69, 9.17) is 39.8 Å². The van der Waals surface area contributed by atoms with Crippen molar-refractivity contribution in [3.05, 3.63) is 59.7 Å². The van der Waals surface area contributed by atoms with Crippen molar-refractivity contribution in [3.8, 4) is 11.5 Å². The number of carboxylic acid groups (broad SMARTS) is 1. The number of amides is 13. The molecule has 33 N–H and O–H groups in total. The molecule has 43 heteroatoms. The molecule has 0 aliphatic carbocycles. The topological polar surface area (TPSA) is 701 Å². The number of rotatable bonds is 56. The lowest BCUT2D eigenvalue weighted by molar-refractivity contribution is -0.142. The SMILES string of the molecule is CC(C)NCCC[C@H](NC(=O)[C@H](CCN)NC(=O)[C@H](CS)NC(=O)[C@H](CCCCN)NC(=O)[C@@H](CCN)NC(=O)[C@@H](NC(=O)[C@H](CCNC(C)C)NC(=O)[C@H](CCCNC(=N)N)NC(=O)[C@H](CC(N)=O)NC(=O)[C@@H](NC(=O)[C@H](Cc1ccc(O)cc1)NC(=O)[C@@H](N)[C@@H](C)O)C(C)(C)S)[C@@H](C)O)C(=O)N[C@@H](Cc1ccc(O)cc1)C(=O)O. The van der Waals surface area contributed by atoms with Crippen LogP contribution in [0.3, 0.4) is 0 Å². The molecule has 2 rings (SSSR count). The molecule has 2 aromatic rings. The number of hydrogen-bond donors (Lipinski definition) is 29. The lowest BCUT2D eigenvalue weighted by Crippen LogP contribution is -2.64. The number of primary amides is 1. The molecule has 0 heterocycles. The van der Waals surface area contributed by atoms with Gasteiger partial charge in [0, 0.05) is 42.0 Å². The first-order valence-electron chi connectivity index (χ1n) is 38.3. The van der Waals surface area contributed by atoms with Crippen LogP contribution in [0.25, 0.3) is 0 Å². The fraction of sp³-hybridized carbons (Fsp3) is 0.630. The van der Waals surface area contributed by atoms with Gasteiger partial charge in [0.1, 0.15) is 90.0 Å². The first kappa shape index (κ1) is 102. The van der Waals surface area contributed by atoms with Crippen molar-refractivity contribution in [1.29, 1.82) is 5.41 Å². The number of aliphatic carboxylic acids is 1. The number of guanidine groups is 1. The number of aliphatic hydroxyl groups excluding tert-OH is 2. The van der Waals surface area contributed by atoms with E-state index in [-0.39, 0.29) is 126 Å². The highest BCUT2D eigenvalue weighted by Gasteiger charge is 2.41. The van der Waals surface area contributed by atoms with E-state index in [0.29, 0.717) is 30.5 Å². The monoisotopic (exact) mass is 1680 g/mol. The summed E-state index contributed by atoms with van der Waals surface area (Å²) in [5, 5.41) is 97.4. The number of nitrogens with one attached hydrogen (secondary N) is 16. The number of aromatic hydroxyl groups is 2. The molecule has 0 aliphatic heterocycles. The number of thiol groups is 2. The van der Waals surface area contributed by atoms with Crippen molar-refractivity contribution in [2.45, 2.75) is 246 Å². The first-order chi connectivity index (χ1) is 54.5. The largest absolute Gasteiger partial charge is 0.508 e. The van der Waals surface area contributed by atoms with Crippen LogP contribution in [0.15, 0.2) is 48.5 Å². The number of phenols is 2. The molecule has 652 valence electrons. The molecule has 0 unspecified atom stereocenters. The molecule has 0 aliphatic rings. The number of phenolic OH excluding ortho intramolecular Hbond substituents is 2. The molecule has 0 radical (unpaired) electrons. The van der Waals surface area contributed by atoms with Gasteiger partial charge in [-0.2, -0.15) is 25.3 Å². The highest BCUT2D eigenvalue weighted by Crippen LogP contribution is 2.21. The maximum Gasteiger partial charge on any atom is 0.326 e. The maximum absolute atomic E-state index is 14.7. The smallest absolute Gasteiger partial charge is 0.326 e. The number of carbonyl (C=O) groups is 14. The number of unbranched alkanes of at least 4 members (excludes halogenated alkanes) is 1. The quantitative estimate of drug-likeness (QED) is 0.0127. The Bertz CT molecular complexity index is 3540. The molecule has 0 fully saturated rings. The van der Waals surface area contributed by atoms with E-state index in [0.717, 1.165) is 6.92 Å². The molecule has 0 saturated heterocycles. The highest BCUT2D eigenvalue weighted by molar-refractivity contribution is 7.81. The zero-order valence-electron chi connectivity index (χ0n) is 66.9. The van der Waals surface area contributed by atoms with Gasteiger partial charge in [0.05, 0.1) is 18.6 Å². The third kappa shape index (κ3) is 38.8. The van der Waals surface area contributed by atoms with Crippen molar-refractivity contribution in [3.63, 3.8) is 0 Å². The van der Waals surface area contributed by atoms with Gasteiger partial charge >= 0.3 is 5.97 Å². The van der Waals surface area contributed by atoms with Crippen LogP contribution in [0.4, 0.5) is 0 Å². The summed E-state index contributed by atoms with van der Waals surface area (Å²) in [7, 11) is 0. The van der Waals surface area contributed by atoms with E-state index in [1.807, 2.05) is 13.8 Å². The Morgan fingerprint density at radius 2 is 0.784 bits per heavy atom. The highest BCUT2D eigenvalue weighted by atomic mass is 32.1. The predicted molar refractivity (Wildman–Crippen MR) is 436 cm³/mol. The fourth-order valence-corrected chi connectivity index (χ4v) is 11.7. The lowest BCUT2D eigenvalue weighted by Gasteiger charge is -2.33. The van der Waals surface area contributed by atoms with Crippen molar-refractivity contribution >= 4 is 114 Å². The summed E-state index contributed by atoms with van der Waals surface area (Å²) in [4.78, 5) is 196. The minimum Gasteiger partial charge on any atom is -0.508 e. The fourth-order valence-electron chi connectivity index (χ4n) is 11.3. The lowest BCUT2D eigenvalue weighted by atomic mass is 9.99. The average molecular weight is 1680 g/mol. The van der Waals surface area contributed by atoms with Gasteiger partial charge in [-0.3, -0.25) is 67.7 Å². The number of carboxylic acids is 1. The summed E-state index contributed by atoms with van der Waals surface area (Å²) in [6.45, 7) is 12.6. The molecule has 0 saturated carbocycles. The van der Waals surface area contributed by atoms with Crippen LogP contribution in [-0.2, 0) is 80.0 Å². The van der Waals surface area contributed by atoms with Crippen LogP contribution >= 0.6 is 25.3 Å². The summed E-state index contributed by atoms with van der Waals surface area (Å²) in [6, 6.07) is -9.46. The van der Waals surface area contributed by atoms with Crippen LogP contribution in [-0.4, -0.2) is 267 Å². The number of nitrogens with two attached hydrogens (primary N) is 6. The summed E-state index contributed by atoms with van der Waals surface area (Å²) in [5.74, 6) is -15.8. The van der Waals surface area contributed by atoms with Gasteiger partial charge in [0.25, 0.3) is 0 Å². The Balaban J connectivity index is 2.50. The van der Waals surface area contributed by atoms with Gasteiger partial charge in [0.15, 0.2) is 5.96 Å². The Labute approximate surface area is 685 Å². The third-order valence-electron chi connectivity index (χ3n) is 17.8. The van der Waals surface area contributed by atoms with E-state index in [2.05, 4.69) is 105 Å². The van der Waals surface area contributed by atoms with Crippen LogP contribution in [0, 0.1) is 5.41 Å². The third-order valence-corrected chi connectivity index (χ3v) is 18.5. The predicted octanol–water partition coefficient (Wildman–Crippen LogP) is -7.36. The summed E-state index contributed by atoms with van der Waals surface area (Å²) in [5.41, 5.74) is 35.5. The summed E-state index contributed by atoms with van der Waals surface area (Å²) < 4.78 is -1.50. The molecule has 116 heavy (non-hydrogen) atoms. The second kappa shape index (κ2) is 52.8. The number of carbonyl (C=O) groups excluding carboxylic acids is 13. The van der Waals surface area contributed by atoms with Crippen molar-refractivity contribution < 1.29 is 92.7 Å². The van der Waals surface area contributed by atoms with Crippen LogP contribution < -0.4 is 114 Å². The van der Waals surface area contributed by atoms with Crippen molar-refractivity contribution in [2.24, 2.45) is 34.4 Å². The summed E-state index contributed by atoms with van der Waals surface area (Å²) in [6.07, 6.45) is -4.68. The average Bonchev–Trinajstić information content (AvgIpc) is 0.801. The Morgan fingerprint density at radius 3 is 1.19 bits per heavy atom. The Morgan fingerprint density at radius 1 is 0.422 bits per heavy atom. The standard InChI is InChI=1S/C73H124N22O19S2/c1-37(2)81-30-11-14-47(60(102)92-53(71(113)114)34-42-18-22-44(99)23-19-42)85-62(104)48(24-28-75)87-67(109)54(36-115)93-61(103)45(13-9-10-27-74)84-63(105)49(25-29-76)89-69(111)57(40(6)97)94-64(106)50(26-32-82-38(3)4)88-59(101)46(15-12-31-83-72(79)80)86-65(107)52(35-55(77)100)91-70(112)58(73(7,8)116)95-66(108)51(90-68(110)56(78)39(5)96)33-41-16-20-43(98)21-17-41/h16-23,37-40,45-54,56-58,81-82,96-99,115-116H,9-15,24-36,74-76,78H2,1-8H3,(H2,77,100)(H,84,105)(H,85,104)(H,86,107)(H,87,109)(H,88,101)(H,89,111)(H,90,110)(H,91,112)(H,92,102)(H,93,103)(H,94,106)(H,95,108)(H,113,114)(H4,79,80,83)/t39-,40-,45+,46+,47+,48+,49-,50+,51+,52+,53+,54+,56+,57+,58-/m1/s1. The van der Waals surface area contributed by atoms with E-state index in [1.165, 1.54) is 69.3 Å². The summed E-state index contributed by atoms with van der Waals surface area (Å²) >= 11 is 8.84. The number of benzene rings is 2. The first-order valence-corrected chi connectivity index (χ1v) is 39.4. The molecule has 15 atom stereocenters. The van der Waals surface area contributed by atoms with Crippen LogP contribution in [0.5, 0.6) is 11.5 Å². The van der Waals surface area contributed by atoms with E-state index in [1.54, 1.807) is 13.8 Å². The molecule has 0 spiro atoms. The Kier molecular flexibility index (Phi) is 46.6. The van der Waals surface area contributed by atoms with E-state index >= 15 is 0 Å². The maximum atomic E-state index is 14.7. The minimum atomic E-state index is -1.90. The van der Waals surface area contributed by atoms with Crippen LogP contribution in [0.2, 0.25) is 0 Å². The second-order valence-electron chi connectivity index (χ2n) is 29.2. The number of hydrogen-bond acceptors (Lipinski definition) is 27. The molecular formula is C73H124N22O19S2. The molecule has 13 amide bonds. The molecular weight excluding hydrogens is 1550 g/mol. The minimum absolute atomic E-state index is 0.0129. The van der Waals surface area contributed by atoms with Gasteiger partial charge in [0.2, 0.25) is 76.8 Å². The normalized spacial score (nSPS) is 15.3. The van der Waals surface area contributed by atoms with E-state index in [9.17, 15) is 92.7 Å². The van der Waals surface area contributed by atoms with Crippen LogP contribution in [0.1, 0.15) is 137 Å². The van der Waals surface area contributed by atoms with Gasteiger partial charge in [-0.1, -0.05) is 52.0 Å². The second-order valence-corrected chi connectivity index (χ2v) is 30.7.